The second kappa shape index (κ2) is 7.47. The summed E-state index contributed by atoms with van der Waals surface area (Å²) < 4.78 is 2.19. The first-order valence-electron chi connectivity index (χ1n) is 10.3. The van der Waals surface area contributed by atoms with Crippen LogP contribution >= 0.6 is 0 Å². The lowest BCUT2D eigenvalue weighted by Crippen LogP contribution is -2.22. The third kappa shape index (κ3) is 3.57. The van der Waals surface area contributed by atoms with E-state index in [9.17, 15) is 0 Å². The van der Waals surface area contributed by atoms with Crippen LogP contribution in [0.2, 0.25) is 0 Å². The third-order valence-electron chi connectivity index (χ3n) is 5.79. The Morgan fingerprint density at radius 2 is 1.28 bits per heavy atom. The van der Waals surface area contributed by atoms with Crippen LogP contribution in [0.5, 0.6) is 0 Å². The summed E-state index contributed by atoms with van der Waals surface area (Å²) >= 11 is 0. The molecular weight excluding hydrogens is 354 g/mol. The van der Waals surface area contributed by atoms with Crippen LogP contribution in [0, 0.1) is 41.5 Å². The average Bonchev–Trinajstić information content (AvgIpc) is 3.05. The Morgan fingerprint density at radius 1 is 0.759 bits per heavy atom. The smallest absolute Gasteiger partial charge is 0.128 e. The van der Waals surface area contributed by atoms with Crippen LogP contribution in [0.4, 0.5) is 11.4 Å². The predicted octanol–water partition coefficient (Wildman–Crippen LogP) is 6.81. The summed E-state index contributed by atoms with van der Waals surface area (Å²) in [5.41, 5.74) is 11.4. The van der Waals surface area contributed by atoms with Crippen LogP contribution in [-0.4, -0.2) is 11.2 Å². The molecule has 1 unspecified atom stereocenters. The molecular formula is C26H30N3+. The normalized spacial score (nSPS) is 16.3. The zero-order chi connectivity index (χ0) is 20.7. The van der Waals surface area contributed by atoms with Crippen LogP contribution in [0.1, 0.15) is 45.0 Å². The van der Waals surface area contributed by atoms with Gasteiger partial charge >= 0.3 is 0 Å². The Labute approximate surface area is 174 Å². The van der Waals surface area contributed by atoms with E-state index in [1.165, 1.54) is 50.3 Å². The number of rotatable bonds is 3. The fraction of sp³-hybridized carbons (Fsp3) is 0.308. The van der Waals surface area contributed by atoms with Crippen LogP contribution in [-0.2, 0) is 0 Å². The molecule has 1 aliphatic rings. The average molecular weight is 385 g/mol. The molecule has 1 heterocycles. The van der Waals surface area contributed by atoms with Crippen molar-refractivity contribution >= 4 is 11.4 Å². The molecule has 0 N–H and O–H groups in total. The molecule has 3 nitrogen and oxygen atoms in total. The van der Waals surface area contributed by atoms with Gasteiger partial charge in [0.15, 0.2) is 24.0 Å². The molecule has 0 aliphatic carbocycles. The standard InChI is InChI=1S/C26H30N3/c1-17-12-19(3)25(20(4)13-17)28-16-24(23-10-8-7-9-11-23)29(27-28)26-21(5)14-18(2)15-22(26)6/h7-15,24H,16H2,1-6H3/q+1. The maximum Gasteiger partial charge on any atom is 0.188 e. The summed E-state index contributed by atoms with van der Waals surface area (Å²) in [5.74, 6) is 0. The Morgan fingerprint density at radius 3 is 1.83 bits per heavy atom. The summed E-state index contributed by atoms with van der Waals surface area (Å²) in [6.07, 6.45) is 0. The fourth-order valence-electron chi connectivity index (χ4n) is 4.83. The molecule has 0 radical (unpaired) electrons. The molecule has 3 aromatic rings. The quantitative estimate of drug-likeness (QED) is 0.454. The van der Waals surface area contributed by atoms with Crippen molar-refractivity contribution < 1.29 is 4.70 Å². The highest BCUT2D eigenvalue weighted by Gasteiger charge is 2.40. The van der Waals surface area contributed by atoms with Crippen molar-refractivity contribution in [1.82, 2.24) is 0 Å². The number of nitrogens with zero attached hydrogens (tertiary/aromatic N) is 3. The van der Waals surface area contributed by atoms with Crippen molar-refractivity contribution in [3.8, 4) is 0 Å². The number of anilines is 1. The van der Waals surface area contributed by atoms with E-state index in [4.69, 9.17) is 5.22 Å². The zero-order valence-electron chi connectivity index (χ0n) is 18.3. The highest BCUT2D eigenvalue weighted by atomic mass is 15.6. The van der Waals surface area contributed by atoms with E-state index in [0.717, 1.165) is 6.54 Å². The van der Waals surface area contributed by atoms with Gasteiger partial charge in [-0.25, -0.2) is 0 Å². The molecule has 1 atom stereocenters. The van der Waals surface area contributed by atoms with E-state index in [1.807, 2.05) is 0 Å². The number of hydrogen-bond donors (Lipinski definition) is 0. The summed E-state index contributed by atoms with van der Waals surface area (Å²) in [6.45, 7) is 13.9. The van der Waals surface area contributed by atoms with E-state index >= 15 is 0 Å². The lowest BCUT2D eigenvalue weighted by atomic mass is 10.0. The lowest BCUT2D eigenvalue weighted by molar-refractivity contribution is -0.500. The van der Waals surface area contributed by atoms with Crippen molar-refractivity contribution in [2.45, 2.75) is 47.6 Å². The molecule has 148 valence electrons. The minimum absolute atomic E-state index is 0.177. The number of benzene rings is 3. The second-order valence-corrected chi connectivity index (χ2v) is 8.44. The molecule has 3 heteroatoms. The van der Waals surface area contributed by atoms with Crippen molar-refractivity contribution in [3.05, 3.63) is 93.5 Å². The summed E-state index contributed by atoms with van der Waals surface area (Å²) in [4.78, 5) is 0. The van der Waals surface area contributed by atoms with E-state index in [0.29, 0.717) is 0 Å². The maximum atomic E-state index is 5.16. The molecule has 0 fully saturated rings. The molecule has 29 heavy (non-hydrogen) atoms. The Hall–Kier alpha value is -2.94. The van der Waals surface area contributed by atoms with Crippen molar-refractivity contribution in [2.75, 3.05) is 11.6 Å². The van der Waals surface area contributed by atoms with Gasteiger partial charge in [0.2, 0.25) is 0 Å². The highest BCUT2D eigenvalue weighted by Crippen LogP contribution is 2.39. The Bertz CT molecular complexity index is 1050. The molecule has 0 saturated carbocycles. The minimum Gasteiger partial charge on any atom is -0.128 e. The molecule has 3 aromatic carbocycles. The first-order chi connectivity index (χ1) is 13.8. The fourth-order valence-corrected chi connectivity index (χ4v) is 4.83. The van der Waals surface area contributed by atoms with Crippen LogP contribution in [0.15, 0.2) is 59.8 Å². The van der Waals surface area contributed by atoms with E-state index in [1.54, 1.807) is 0 Å². The van der Waals surface area contributed by atoms with Crippen LogP contribution in [0.3, 0.4) is 0 Å². The highest BCUT2D eigenvalue weighted by molar-refractivity contribution is 5.61. The molecule has 0 bridgehead atoms. The molecule has 0 spiro atoms. The summed E-state index contributed by atoms with van der Waals surface area (Å²) in [6, 6.07) is 19.9. The van der Waals surface area contributed by atoms with Crippen LogP contribution < -0.4 is 5.01 Å². The van der Waals surface area contributed by atoms with E-state index < -0.39 is 0 Å². The first-order valence-corrected chi connectivity index (χ1v) is 10.3. The molecule has 0 saturated heterocycles. The topological polar surface area (TPSA) is 18.6 Å². The van der Waals surface area contributed by atoms with Gasteiger partial charge < -0.3 is 0 Å². The molecule has 0 amide bonds. The van der Waals surface area contributed by atoms with E-state index in [2.05, 4.69) is 106 Å². The van der Waals surface area contributed by atoms with Gasteiger partial charge in [-0.1, -0.05) is 65.7 Å². The van der Waals surface area contributed by atoms with Crippen molar-refractivity contribution in [1.29, 1.82) is 0 Å². The summed E-state index contributed by atoms with van der Waals surface area (Å²) in [7, 11) is 0. The zero-order valence-corrected chi connectivity index (χ0v) is 18.3. The monoisotopic (exact) mass is 384 g/mol. The van der Waals surface area contributed by atoms with Crippen molar-refractivity contribution in [3.63, 3.8) is 0 Å². The molecule has 1 aliphatic heterocycles. The number of hydrogen-bond acceptors (Lipinski definition) is 2. The SMILES string of the molecule is Cc1cc(C)c(N2N=[N+](c3c(C)cc(C)cc3C)CC2c2ccccc2)c(C)c1. The first kappa shape index (κ1) is 19.4. The predicted molar refractivity (Wildman–Crippen MR) is 120 cm³/mol. The van der Waals surface area contributed by atoms with Crippen LogP contribution in [0.25, 0.3) is 0 Å². The minimum atomic E-state index is 0.177. The number of aryl methyl sites for hydroxylation is 6. The maximum absolute atomic E-state index is 5.16. The van der Waals surface area contributed by atoms with E-state index in [-0.39, 0.29) is 6.04 Å². The van der Waals surface area contributed by atoms with Gasteiger partial charge in [0.1, 0.15) is 0 Å². The van der Waals surface area contributed by atoms with Gasteiger partial charge in [-0.3, -0.25) is 0 Å². The van der Waals surface area contributed by atoms with Crippen molar-refractivity contribution in [2.24, 2.45) is 5.22 Å². The molecule has 0 aromatic heterocycles. The van der Waals surface area contributed by atoms with Gasteiger partial charge in [-0.2, -0.15) is 0 Å². The summed E-state index contributed by atoms with van der Waals surface area (Å²) in [5, 5.41) is 7.39. The second-order valence-electron chi connectivity index (χ2n) is 8.44. The Balaban J connectivity index is 1.88. The Kier molecular flexibility index (Phi) is 4.99. The molecule has 4 rings (SSSR count). The largest absolute Gasteiger partial charge is 0.188 e. The van der Waals surface area contributed by atoms with Gasteiger partial charge in [-0.15, -0.1) is 9.71 Å². The van der Waals surface area contributed by atoms with Gasteiger partial charge in [0.25, 0.3) is 0 Å². The van der Waals surface area contributed by atoms with Gasteiger partial charge in [0, 0.05) is 5.56 Å². The van der Waals surface area contributed by atoms with Gasteiger partial charge in [-0.05, 0) is 63.8 Å². The third-order valence-corrected chi connectivity index (χ3v) is 5.79. The van der Waals surface area contributed by atoms with Gasteiger partial charge in [0.05, 0.1) is 5.22 Å². The lowest BCUT2D eigenvalue weighted by Gasteiger charge is -2.18.